The topological polar surface area (TPSA) is 179 Å². The Morgan fingerprint density at radius 3 is 2.46 bits per heavy atom. The van der Waals surface area contributed by atoms with Crippen LogP contribution in [0.1, 0.15) is 50.0 Å². The molecule has 0 fully saturated rings. The monoisotopic (exact) mass is 396 g/mol. The van der Waals surface area contributed by atoms with E-state index in [0.717, 1.165) is 0 Å². The molecule has 3 atom stereocenters. The van der Waals surface area contributed by atoms with Gasteiger partial charge in [-0.05, 0) is 38.1 Å². The van der Waals surface area contributed by atoms with Crippen LogP contribution in [0.2, 0.25) is 0 Å². The third kappa shape index (κ3) is 7.75. The quantitative estimate of drug-likeness (QED) is 0.292. The van der Waals surface area contributed by atoms with Crippen molar-refractivity contribution in [3.8, 4) is 0 Å². The summed E-state index contributed by atoms with van der Waals surface area (Å²) in [7, 11) is 0. The summed E-state index contributed by atoms with van der Waals surface area (Å²) in [4.78, 5) is 39.9. The number of rotatable bonds is 12. The molecule has 1 rings (SSSR count). The molecule has 0 radical (unpaired) electrons. The molecular formula is C18H32N6O4. The highest BCUT2D eigenvalue weighted by atomic mass is 16.4. The number of hydrogen-bond acceptors (Lipinski definition) is 7. The summed E-state index contributed by atoms with van der Waals surface area (Å²) in [6, 6.07) is -2.64. The molecule has 1 aromatic heterocycles. The lowest BCUT2D eigenvalue weighted by atomic mass is 10.0. The molecule has 0 aromatic carbocycles. The Morgan fingerprint density at radius 2 is 1.89 bits per heavy atom. The van der Waals surface area contributed by atoms with Gasteiger partial charge in [0.2, 0.25) is 11.8 Å². The standard InChI is InChI=1S/C18H32N6O4/c1-11(2)7-14(21)17(26)24-9-12(22-10-24)8-13(20)16(25)23-15(18(27)28)5-3-4-6-19/h9-11,13-15H,3-8,19-21H2,1-2H3,(H,23,25)(H,27,28)/t13-,14-,15-/m0/s1. The average Bonchev–Trinajstić information content (AvgIpc) is 3.07. The molecule has 8 N–H and O–H groups in total. The lowest BCUT2D eigenvalue weighted by molar-refractivity contribution is -0.142. The van der Waals surface area contributed by atoms with Gasteiger partial charge in [0.25, 0.3) is 0 Å². The van der Waals surface area contributed by atoms with E-state index in [4.69, 9.17) is 17.2 Å². The van der Waals surface area contributed by atoms with Crippen LogP contribution in [0.4, 0.5) is 0 Å². The van der Waals surface area contributed by atoms with E-state index in [2.05, 4.69) is 10.3 Å². The number of aliphatic carboxylic acids is 1. The van der Waals surface area contributed by atoms with Gasteiger partial charge >= 0.3 is 5.97 Å². The number of nitrogens with two attached hydrogens (primary N) is 3. The first-order valence-electron chi connectivity index (χ1n) is 9.47. The minimum atomic E-state index is -1.12. The van der Waals surface area contributed by atoms with Crippen LogP contribution < -0.4 is 22.5 Å². The fourth-order valence-electron chi connectivity index (χ4n) is 2.74. The van der Waals surface area contributed by atoms with E-state index in [0.29, 0.717) is 31.5 Å². The summed E-state index contributed by atoms with van der Waals surface area (Å²) in [6.45, 7) is 4.41. The van der Waals surface area contributed by atoms with E-state index in [1.807, 2.05) is 13.8 Å². The highest BCUT2D eigenvalue weighted by molar-refractivity contribution is 5.87. The fourth-order valence-corrected chi connectivity index (χ4v) is 2.74. The van der Waals surface area contributed by atoms with Crippen molar-refractivity contribution in [2.45, 2.75) is 64.1 Å². The molecule has 10 nitrogen and oxygen atoms in total. The SMILES string of the molecule is CC(C)C[C@H](N)C(=O)n1cnc(C[C@H](N)C(=O)N[C@@H](CCCCN)C(=O)O)c1. The molecule has 0 aliphatic carbocycles. The fraction of sp³-hybridized carbons (Fsp3) is 0.667. The van der Waals surface area contributed by atoms with Crippen LogP contribution in [-0.2, 0) is 16.0 Å². The van der Waals surface area contributed by atoms with Gasteiger partial charge < -0.3 is 27.6 Å². The maximum Gasteiger partial charge on any atom is 0.326 e. The molecule has 0 saturated carbocycles. The summed E-state index contributed by atoms with van der Waals surface area (Å²) >= 11 is 0. The molecule has 1 heterocycles. The predicted molar refractivity (Wildman–Crippen MR) is 104 cm³/mol. The molecular weight excluding hydrogens is 364 g/mol. The first-order valence-corrected chi connectivity index (χ1v) is 9.47. The van der Waals surface area contributed by atoms with Crippen LogP contribution >= 0.6 is 0 Å². The smallest absolute Gasteiger partial charge is 0.326 e. The molecule has 0 aliphatic heterocycles. The van der Waals surface area contributed by atoms with Gasteiger partial charge in [-0.2, -0.15) is 0 Å². The van der Waals surface area contributed by atoms with Gasteiger partial charge in [0.05, 0.1) is 17.8 Å². The molecule has 0 spiro atoms. The van der Waals surface area contributed by atoms with E-state index < -0.39 is 30.0 Å². The van der Waals surface area contributed by atoms with Gasteiger partial charge in [-0.3, -0.25) is 14.2 Å². The van der Waals surface area contributed by atoms with Gasteiger partial charge in [-0.1, -0.05) is 13.8 Å². The van der Waals surface area contributed by atoms with Gasteiger partial charge in [0, 0.05) is 12.6 Å². The highest BCUT2D eigenvalue weighted by Gasteiger charge is 2.24. The molecule has 1 amide bonds. The lowest BCUT2D eigenvalue weighted by Crippen LogP contribution is -2.49. The number of unbranched alkanes of at least 4 members (excludes halogenated alkanes) is 1. The number of carbonyl (C=O) groups excluding carboxylic acids is 2. The number of carboxylic acids is 1. The van der Waals surface area contributed by atoms with E-state index in [-0.39, 0.29) is 24.7 Å². The van der Waals surface area contributed by atoms with Crippen molar-refractivity contribution in [3.05, 3.63) is 18.2 Å². The van der Waals surface area contributed by atoms with Crippen molar-refractivity contribution in [1.29, 1.82) is 0 Å². The maximum atomic E-state index is 12.3. The Labute approximate surface area is 164 Å². The summed E-state index contributed by atoms with van der Waals surface area (Å²) in [6.07, 6.45) is 5.00. The number of aromatic nitrogens is 2. The first-order chi connectivity index (χ1) is 13.1. The lowest BCUT2D eigenvalue weighted by Gasteiger charge is -2.17. The third-order valence-corrected chi connectivity index (χ3v) is 4.26. The normalized spacial score (nSPS) is 14.5. The number of imidazole rings is 1. The maximum absolute atomic E-state index is 12.3. The minimum Gasteiger partial charge on any atom is -0.480 e. The Kier molecular flexibility index (Phi) is 9.77. The van der Waals surface area contributed by atoms with Crippen molar-refractivity contribution in [1.82, 2.24) is 14.9 Å². The zero-order valence-corrected chi connectivity index (χ0v) is 16.5. The van der Waals surface area contributed by atoms with Crippen molar-refractivity contribution in [2.75, 3.05) is 6.54 Å². The van der Waals surface area contributed by atoms with Gasteiger partial charge in [-0.15, -0.1) is 0 Å². The Morgan fingerprint density at radius 1 is 1.21 bits per heavy atom. The first kappa shape index (κ1) is 23.7. The number of nitrogens with one attached hydrogen (secondary N) is 1. The Bertz CT molecular complexity index is 660. The zero-order valence-electron chi connectivity index (χ0n) is 16.5. The molecule has 0 saturated heterocycles. The van der Waals surface area contributed by atoms with Gasteiger partial charge in [0.15, 0.2) is 0 Å². The second kappa shape index (κ2) is 11.5. The summed E-state index contributed by atoms with van der Waals surface area (Å²) in [5.74, 6) is -1.70. The van der Waals surface area contributed by atoms with E-state index in [1.54, 1.807) is 0 Å². The van der Waals surface area contributed by atoms with E-state index in [1.165, 1.54) is 17.1 Å². The molecule has 10 heteroatoms. The summed E-state index contributed by atoms with van der Waals surface area (Å²) in [5, 5.41) is 11.7. The summed E-state index contributed by atoms with van der Waals surface area (Å²) < 4.78 is 1.29. The molecule has 0 unspecified atom stereocenters. The van der Waals surface area contributed by atoms with Crippen molar-refractivity contribution in [3.63, 3.8) is 0 Å². The van der Waals surface area contributed by atoms with E-state index in [9.17, 15) is 19.5 Å². The molecule has 1 aromatic rings. The largest absolute Gasteiger partial charge is 0.480 e. The predicted octanol–water partition coefficient (Wildman–Crippen LogP) is -0.535. The number of hydrogen-bond donors (Lipinski definition) is 5. The second-order valence-corrected chi connectivity index (χ2v) is 7.34. The number of carbonyl (C=O) groups is 3. The number of amides is 1. The molecule has 28 heavy (non-hydrogen) atoms. The van der Waals surface area contributed by atoms with Crippen LogP contribution in [0.3, 0.4) is 0 Å². The number of carboxylic acid groups (broad SMARTS) is 1. The van der Waals surface area contributed by atoms with Crippen molar-refractivity contribution >= 4 is 17.8 Å². The van der Waals surface area contributed by atoms with Crippen LogP contribution in [0, 0.1) is 5.92 Å². The molecule has 0 bridgehead atoms. The van der Waals surface area contributed by atoms with Crippen LogP contribution in [0.15, 0.2) is 12.5 Å². The average molecular weight is 396 g/mol. The van der Waals surface area contributed by atoms with Gasteiger partial charge in [-0.25, -0.2) is 9.78 Å². The minimum absolute atomic E-state index is 0.0701. The summed E-state index contributed by atoms with van der Waals surface area (Å²) in [5.41, 5.74) is 17.6. The molecule has 158 valence electrons. The highest BCUT2D eigenvalue weighted by Crippen LogP contribution is 2.07. The molecule has 0 aliphatic rings. The Balaban J connectivity index is 2.63. The van der Waals surface area contributed by atoms with Crippen LogP contribution in [0.5, 0.6) is 0 Å². The van der Waals surface area contributed by atoms with Crippen LogP contribution in [0.25, 0.3) is 0 Å². The van der Waals surface area contributed by atoms with E-state index >= 15 is 0 Å². The van der Waals surface area contributed by atoms with Crippen LogP contribution in [-0.4, -0.2) is 57.1 Å². The van der Waals surface area contributed by atoms with Crippen molar-refractivity contribution < 1.29 is 19.5 Å². The third-order valence-electron chi connectivity index (χ3n) is 4.26. The zero-order chi connectivity index (χ0) is 21.3. The van der Waals surface area contributed by atoms with Gasteiger partial charge in [0.1, 0.15) is 12.4 Å². The Hall–Kier alpha value is -2.30. The second-order valence-electron chi connectivity index (χ2n) is 7.34. The number of nitrogens with zero attached hydrogens (tertiary/aromatic N) is 2. The van der Waals surface area contributed by atoms with Crippen molar-refractivity contribution in [2.24, 2.45) is 23.1 Å².